The lowest BCUT2D eigenvalue weighted by atomic mass is 10.1. The Labute approximate surface area is 134 Å². The Balaban J connectivity index is 1.99. The van der Waals surface area contributed by atoms with Gasteiger partial charge in [0.05, 0.1) is 19.1 Å². The van der Waals surface area contributed by atoms with Crippen molar-refractivity contribution in [3.8, 4) is 11.5 Å². The standard InChI is InChI=1S/C15H19Cl2NO3/c1-4-21-11-6-5-10(7-12(11)20-3)8-18-13(19)14(2)9-15(14,16)17/h5-7H,4,8-9H2,1-3H3,(H,18,19). The third-order valence-electron chi connectivity index (χ3n) is 3.74. The van der Waals surface area contributed by atoms with Crippen LogP contribution in [0.4, 0.5) is 0 Å². The number of halogens is 2. The highest BCUT2D eigenvalue weighted by atomic mass is 35.5. The van der Waals surface area contributed by atoms with E-state index < -0.39 is 9.75 Å². The highest BCUT2D eigenvalue weighted by Gasteiger charge is 2.67. The summed E-state index contributed by atoms with van der Waals surface area (Å²) in [7, 11) is 1.58. The van der Waals surface area contributed by atoms with Crippen LogP contribution in [0.25, 0.3) is 0 Å². The molecule has 1 amide bonds. The number of carbonyl (C=O) groups is 1. The van der Waals surface area contributed by atoms with Crippen molar-refractivity contribution in [3.63, 3.8) is 0 Å². The van der Waals surface area contributed by atoms with Crippen molar-refractivity contribution >= 4 is 29.1 Å². The van der Waals surface area contributed by atoms with E-state index in [1.807, 2.05) is 25.1 Å². The van der Waals surface area contributed by atoms with E-state index >= 15 is 0 Å². The van der Waals surface area contributed by atoms with Crippen LogP contribution in [0.3, 0.4) is 0 Å². The van der Waals surface area contributed by atoms with Gasteiger partial charge in [0.1, 0.15) is 4.33 Å². The Morgan fingerprint density at radius 2 is 2.05 bits per heavy atom. The van der Waals surface area contributed by atoms with Crippen LogP contribution in [0.1, 0.15) is 25.8 Å². The molecular formula is C15H19Cl2NO3. The number of nitrogens with one attached hydrogen (secondary N) is 1. The second kappa shape index (κ2) is 5.93. The van der Waals surface area contributed by atoms with Gasteiger partial charge in [0.25, 0.3) is 0 Å². The van der Waals surface area contributed by atoms with Crippen LogP contribution < -0.4 is 14.8 Å². The molecule has 0 aliphatic heterocycles. The van der Waals surface area contributed by atoms with Gasteiger partial charge in [0, 0.05) is 6.54 Å². The topological polar surface area (TPSA) is 47.6 Å². The second-order valence-corrected chi connectivity index (χ2v) is 6.80. The van der Waals surface area contributed by atoms with E-state index in [2.05, 4.69) is 5.32 Å². The van der Waals surface area contributed by atoms with E-state index in [9.17, 15) is 4.79 Å². The lowest BCUT2D eigenvalue weighted by Crippen LogP contribution is -2.32. The van der Waals surface area contributed by atoms with Crippen molar-refractivity contribution in [1.29, 1.82) is 0 Å². The van der Waals surface area contributed by atoms with E-state index in [1.165, 1.54) is 0 Å². The molecule has 0 aromatic heterocycles. The number of alkyl halides is 2. The number of ether oxygens (including phenoxy) is 2. The summed E-state index contributed by atoms with van der Waals surface area (Å²) < 4.78 is 9.78. The zero-order valence-electron chi connectivity index (χ0n) is 12.3. The van der Waals surface area contributed by atoms with E-state index in [4.69, 9.17) is 32.7 Å². The molecule has 1 aliphatic rings. The highest BCUT2D eigenvalue weighted by molar-refractivity contribution is 6.53. The third kappa shape index (κ3) is 3.22. The summed E-state index contributed by atoms with van der Waals surface area (Å²) in [6.45, 7) is 4.63. The van der Waals surface area contributed by atoms with Crippen LogP contribution in [0.2, 0.25) is 0 Å². The number of rotatable bonds is 6. The molecule has 0 spiro atoms. The molecule has 1 aromatic carbocycles. The van der Waals surface area contributed by atoms with E-state index in [-0.39, 0.29) is 5.91 Å². The molecule has 4 nitrogen and oxygen atoms in total. The maximum absolute atomic E-state index is 12.1. The minimum atomic E-state index is -0.951. The van der Waals surface area contributed by atoms with Gasteiger partial charge in [-0.1, -0.05) is 6.07 Å². The quantitative estimate of drug-likeness (QED) is 0.813. The van der Waals surface area contributed by atoms with Crippen molar-refractivity contribution in [2.75, 3.05) is 13.7 Å². The van der Waals surface area contributed by atoms with E-state index in [0.29, 0.717) is 31.1 Å². The summed E-state index contributed by atoms with van der Waals surface area (Å²) in [6.07, 6.45) is 0.474. The van der Waals surface area contributed by atoms with Gasteiger partial charge < -0.3 is 14.8 Å². The number of hydrogen-bond acceptors (Lipinski definition) is 3. The Bertz CT molecular complexity index is 548. The predicted molar refractivity (Wildman–Crippen MR) is 83.2 cm³/mol. The zero-order valence-corrected chi connectivity index (χ0v) is 13.8. The third-order valence-corrected chi connectivity index (χ3v) is 4.84. The molecule has 1 N–H and O–H groups in total. The van der Waals surface area contributed by atoms with E-state index in [0.717, 1.165) is 5.56 Å². The minimum Gasteiger partial charge on any atom is -0.493 e. The summed E-state index contributed by atoms with van der Waals surface area (Å²) in [5.41, 5.74) is 0.216. The Kier molecular flexibility index (Phi) is 4.59. The van der Waals surface area contributed by atoms with Crippen LogP contribution in [0.15, 0.2) is 18.2 Å². The SMILES string of the molecule is CCOc1ccc(CNC(=O)C2(C)CC2(Cl)Cl)cc1OC. The maximum Gasteiger partial charge on any atom is 0.229 e. The van der Waals surface area contributed by atoms with E-state index in [1.54, 1.807) is 14.0 Å². The normalized spacial score (nSPS) is 22.5. The number of hydrogen-bond donors (Lipinski definition) is 1. The molecule has 0 radical (unpaired) electrons. The van der Waals surface area contributed by atoms with Crippen molar-refractivity contribution in [2.45, 2.75) is 31.1 Å². The average Bonchev–Trinajstić information content (AvgIpc) is 2.97. The van der Waals surface area contributed by atoms with Crippen molar-refractivity contribution in [1.82, 2.24) is 5.32 Å². The number of amides is 1. The van der Waals surface area contributed by atoms with Crippen molar-refractivity contribution in [3.05, 3.63) is 23.8 Å². The van der Waals surface area contributed by atoms with Crippen LogP contribution in [-0.2, 0) is 11.3 Å². The molecule has 1 unspecified atom stereocenters. The Morgan fingerprint density at radius 3 is 2.57 bits per heavy atom. The van der Waals surface area contributed by atoms with Crippen molar-refractivity contribution in [2.24, 2.45) is 5.41 Å². The second-order valence-electron chi connectivity index (χ2n) is 5.31. The average molecular weight is 332 g/mol. The van der Waals surface area contributed by atoms with Crippen LogP contribution in [0, 0.1) is 5.41 Å². The van der Waals surface area contributed by atoms with Gasteiger partial charge in [0.15, 0.2) is 11.5 Å². The van der Waals surface area contributed by atoms with Crippen LogP contribution in [-0.4, -0.2) is 24.0 Å². The largest absolute Gasteiger partial charge is 0.493 e. The fourth-order valence-corrected chi connectivity index (χ4v) is 2.83. The van der Waals surface area contributed by atoms with Crippen LogP contribution >= 0.6 is 23.2 Å². The monoisotopic (exact) mass is 331 g/mol. The Hall–Kier alpha value is -1.13. The van der Waals surface area contributed by atoms with Gasteiger partial charge in [0.2, 0.25) is 5.91 Å². The first-order chi connectivity index (χ1) is 9.84. The fourth-order valence-electron chi connectivity index (χ4n) is 2.12. The van der Waals surface area contributed by atoms with Gasteiger partial charge in [-0.05, 0) is 38.0 Å². The molecule has 0 heterocycles. The molecular weight excluding hydrogens is 313 g/mol. The van der Waals surface area contributed by atoms with Gasteiger partial charge in [-0.2, -0.15) is 0 Å². The number of benzene rings is 1. The first-order valence-corrected chi connectivity index (χ1v) is 7.55. The van der Waals surface area contributed by atoms with Gasteiger partial charge in [-0.25, -0.2) is 0 Å². The van der Waals surface area contributed by atoms with Crippen LogP contribution in [0.5, 0.6) is 11.5 Å². The summed E-state index contributed by atoms with van der Waals surface area (Å²) in [6, 6.07) is 5.56. The molecule has 1 fully saturated rings. The van der Waals surface area contributed by atoms with Gasteiger partial charge in [-0.3, -0.25) is 4.79 Å². The highest BCUT2D eigenvalue weighted by Crippen LogP contribution is 2.63. The first-order valence-electron chi connectivity index (χ1n) is 6.80. The number of carbonyl (C=O) groups excluding carboxylic acids is 1. The molecule has 0 bridgehead atoms. The lowest BCUT2D eigenvalue weighted by Gasteiger charge is -2.14. The molecule has 6 heteroatoms. The molecule has 21 heavy (non-hydrogen) atoms. The summed E-state index contributed by atoms with van der Waals surface area (Å²) >= 11 is 12.0. The zero-order chi connectivity index (χ0) is 15.7. The molecule has 0 saturated heterocycles. The van der Waals surface area contributed by atoms with Crippen molar-refractivity contribution < 1.29 is 14.3 Å². The van der Waals surface area contributed by atoms with Gasteiger partial charge >= 0.3 is 0 Å². The summed E-state index contributed by atoms with van der Waals surface area (Å²) in [5, 5.41) is 2.86. The lowest BCUT2D eigenvalue weighted by molar-refractivity contribution is -0.125. The fraction of sp³-hybridized carbons (Fsp3) is 0.533. The first kappa shape index (κ1) is 16.2. The predicted octanol–water partition coefficient (Wildman–Crippen LogP) is 3.29. The number of methoxy groups -OCH3 is 1. The summed E-state index contributed by atoms with van der Waals surface area (Å²) in [4.78, 5) is 12.1. The minimum absolute atomic E-state index is 0.139. The molecule has 2 rings (SSSR count). The molecule has 1 saturated carbocycles. The molecule has 116 valence electrons. The molecule has 1 aliphatic carbocycles. The summed E-state index contributed by atoms with van der Waals surface area (Å²) in [5.74, 6) is 1.19. The molecule has 1 atom stereocenters. The van der Waals surface area contributed by atoms with Gasteiger partial charge in [-0.15, -0.1) is 23.2 Å². The smallest absolute Gasteiger partial charge is 0.229 e. The maximum atomic E-state index is 12.1. The molecule has 1 aromatic rings. The Morgan fingerprint density at radius 1 is 1.38 bits per heavy atom.